The third kappa shape index (κ3) is 5.63. The van der Waals surface area contributed by atoms with Crippen molar-refractivity contribution in [1.29, 1.82) is 0 Å². The van der Waals surface area contributed by atoms with Crippen molar-refractivity contribution in [2.24, 2.45) is 5.92 Å². The maximum Gasteiger partial charge on any atom is 0.407 e. The van der Waals surface area contributed by atoms with Crippen LogP contribution in [0.5, 0.6) is 0 Å². The van der Waals surface area contributed by atoms with Gasteiger partial charge in [0.1, 0.15) is 12.6 Å². The highest BCUT2D eigenvalue weighted by molar-refractivity contribution is 5.83. The van der Waals surface area contributed by atoms with Crippen LogP contribution in [0.1, 0.15) is 43.7 Å². The first-order valence-electron chi connectivity index (χ1n) is 10.5. The van der Waals surface area contributed by atoms with Crippen LogP contribution < -0.4 is 10.6 Å². The van der Waals surface area contributed by atoms with E-state index in [1.807, 2.05) is 31.2 Å². The Morgan fingerprint density at radius 1 is 1.00 bits per heavy atom. The topological polar surface area (TPSA) is 105 Å². The van der Waals surface area contributed by atoms with Crippen LogP contribution in [-0.4, -0.2) is 42.3 Å². The molecule has 0 spiro atoms. The Bertz CT molecular complexity index is 913. The van der Waals surface area contributed by atoms with Crippen LogP contribution in [-0.2, 0) is 14.3 Å². The van der Waals surface area contributed by atoms with Crippen molar-refractivity contribution in [3.05, 3.63) is 59.7 Å². The summed E-state index contributed by atoms with van der Waals surface area (Å²) in [6, 6.07) is 15.4. The number of hydrogen-bond acceptors (Lipinski definition) is 4. The Labute approximate surface area is 181 Å². The van der Waals surface area contributed by atoms with Gasteiger partial charge >= 0.3 is 12.1 Å². The van der Waals surface area contributed by atoms with E-state index in [1.54, 1.807) is 0 Å². The molecule has 2 aromatic rings. The Morgan fingerprint density at radius 2 is 1.58 bits per heavy atom. The van der Waals surface area contributed by atoms with Crippen LogP contribution in [0.15, 0.2) is 48.5 Å². The van der Waals surface area contributed by atoms with Gasteiger partial charge in [-0.1, -0.05) is 55.5 Å². The first-order valence-corrected chi connectivity index (χ1v) is 10.5. The van der Waals surface area contributed by atoms with Gasteiger partial charge < -0.3 is 20.5 Å². The normalized spacial score (nSPS) is 14.1. The molecule has 0 aliphatic heterocycles. The number of rotatable bonds is 9. The molecular weight excluding hydrogens is 396 g/mol. The van der Waals surface area contributed by atoms with Gasteiger partial charge in [0.2, 0.25) is 5.91 Å². The van der Waals surface area contributed by atoms with Crippen LogP contribution in [0.2, 0.25) is 0 Å². The molecular formula is C24H28N2O5. The van der Waals surface area contributed by atoms with Gasteiger partial charge in [0.25, 0.3) is 0 Å². The van der Waals surface area contributed by atoms with Crippen LogP contribution >= 0.6 is 0 Å². The molecule has 3 rings (SSSR count). The summed E-state index contributed by atoms with van der Waals surface area (Å²) in [5.74, 6) is -1.38. The summed E-state index contributed by atoms with van der Waals surface area (Å²) in [7, 11) is 0. The van der Waals surface area contributed by atoms with Gasteiger partial charge in [-0.3, -0.25) is 9.59 Å². The quantitative estimate of drug-likeness (QED) is 0.571. The molecule has 0 aromatic heterocycles. The highest BCUT2D eigenvalue weighted by Crippen LogP contribution is 2.44. The molecule has 0 fully saturated rings. The number of carbonyl (C=O) groups is 3. The monoisotopic (exact) mass is 424 g/mol. The van der Waals surface area contributed by atoms with Crippen LogP contribution in [0.25, 0.3) is 11.1 Å². The number of alkyl carbamates (subject to hydrolysis) is 1. The van der Waals surface area contributed by atoms with Gasteiger partial charge in [-0.15, -0.1) is 0 Å². The van der Waals surface area contributed by atoms with Crippen molar-refractivity contribution in [1.82, 2.24) is 10.6 Å². The second-order valence-corrected chi connectivity index (χ2v) is 7.98. The molecule has 164 valence electrons. The largest absolute Gasteiger partial charge is 0.480 e. The van der Waals surface area contributed by atoms with Crippen molar-refractivity contribution >= 4 is 18.0 Å². The number of carboxylic acid groups (broad SMARTS) is 1. The Balaban J connectivity index is 1.43. The van der Waals surface area contributed by atoms with Crippen molar-refractivity contribution < 1.29 is 24.2 Å². The van der Waals surface area contributed by atoms with E-state index >= 15 is 0 Å². The molecule has 0 saturated carbocycles. The van der Waals surface area contributed by atoms with Crippen LogP contribution in [0, 0.1) is 5.92 Å². The average molecular weight is 424 g/mol. The summed E-state index contributed by atoms with van der Waals surface area (Å²) in [6.45, 7) is 3.93. The molecule has 0 bridgehead atoms. The molecule has 0 radical (unpaired) electrons. The van der Waals surface area contributed by atoms with Gasteiger partial charge in [0.05, 0.1) is 0 Å². The molecule has 31 heavy (non-hydrogen) atoms. The zero-order valence-corrected chi connectivity index (χ0v) is 17.8. The second kappa shape index (κ2) is 10.1. The zero-order valence-electron chi connectivity index (χ0n) is 17.8. The lowest BCUT2D eigenvalue weighted by molar-refractivity contribution is -0.141. The third-order valence-corrected chi connectivity index (χ3v) is 5.53. The zero-order chi connectivity index (χ0) is 22.4. The number of aliphatic carboxylic acids is 1. The molecule has 3 N–H and O–H groups in total. The Morgan fingerprint density at radius 3 is 2.16 bits per heavy atom. The number of nitrogens with one attached hydrogen (secondary N) is 2. The summed E-state index contributed by atoms with van der Waals surface area (Å²) >= 11 is 0. The number of fused-ring (bicyclic) bond motifs is 3. The van der Waals surface area contributed by atoms with Crippen molar-refractivity contribution in [2.75, 3.05) is 13.2 Å². The van der Waals surface area contributed by atoms with E-state index in [2.05, 4.69) is 34.9 Å². The highest BCUT2D eigenvalue weighted by Gasteiger charge is 2.29. The van der Waals surface area contributed by atoms with Crippen molar-refractivity contribution in [3.63, 3.8) is 0 Å². The molecule has 1 unspecified atom stereocenters. The first kappa shape index (κ1) is 22.3. The fraction of sp³-hybridized carbons (Fsp3) is 0.375. The third-order valence-electron chi connectivity index (χ3n) is 5.53. The number of hydrogen-bond donors (Lipinski definition) is 3. The summed E-state index contributed by atoms with van der Waals surface area (Å²) in [6.07, 6.45) is 0.293. The molecule has 0 saturated heterocycles. The van der Waals surface area contributed by atoms with E-state index in [1.165, 1.54) is 18.1 Å². The van der Waals surface area contributed by atoms with Gasteiger partial charge in [0, 0.05) is 18.9 Å². The van der Waals surface area contributed by atoms with Crippen molar-refractivity contribution in [3.8, 4) is 11.1 Å². The predicted molar refractivity (Wildman–Crippen MR) is 117 cm³/mol. The van der Waals surface area contributed by atoms with E-state index in [0.29, 0.717) is 13.0 Å². The average Bonchev–Trinajstić information content (AvgIpc) is 3.06. The molecule has 2 amide bonds. The van der Waals surface area contributed by atoms with Crippen LogP contribution in [0.4, 0.5) is 4.79 Å². The van der Waals surface area contributed by atoms with Crippen molar-refractivity contribution in [2.45, 2.75) is 38.6 Å². The van der Waals surface area contributed by atoms with E-state index in [4.69, 9.17) is 9.84 Å². The van der Waals surface area contributed by atoms with E-state index in [-0.39, 0.29) is 30.8 Å². The molecule has 0 heterocycles. The fourth-order valence-electron chi connectivity index (χ4n) is 3.85. The van der Waals surface area contributed by atoms with E-state index in [0.717, 1.165) is 11.1 Å². The van der Waals surface area contributed by atoms with Crippen LogP contribution in [0.3, 0.4) is 0 Å². The number of ether oxygens (including phenoxy) is 1. The van der Waals surface area contributed by atoms with Gasteiger partial charge in [-0.2, -0.15) is 0 Å². The summed E-state index contributed by atoms with van der Waals surface area (Å²) in [5, 5.41) is 14.0. The smallest absolute Gasteiger partial charge is 0.407 e. The maximum absolute atomic E-state index is 12.2. The standard InChI is InChI=1S/C24H28N2O5/c1-15(13-22(27)26-16(2)23(28)29)11-12-25-24(30)31-14-21-19-9-5-3-7-17(19)18-8-4-6-10-20(18)21/h3-10,15-16,21H,11-14H2,1-2H3,(H,25,30)(H,26,27)(H,28,29)/t15?,16-/m1/s1. The van der Waals surface area contributed by atoms with Gasteiger partial charge in [0.15, 0.2) is 0 Å². The van der Waals surface area contributed by atoms with E-state index in [9.17, 15) is 14.4 Å². The second-order valence-electron chi connectivity index (χ2n) is 7.98. The number of benzene rings is 2. The Kier molecular flexibility index (Phi) is 7.28. The molecule has 2 aromatic carbocycles. The number of amides is 2. The minimum atomic E-state index is -1.07. The summed E-state index contributed by atoms with van der Waals surface area (Å²) in [5.41, 5.74) is 4.67. The molecule has 1 aliphatic carbocycles. The number of carbonyl (C=O) groups excluding carboxylic acids is 2. The predicted octanol–water partition coefficient (Wildman–Crippen LogP) is 3.53. The minimum absolute atomic E-state index is 0.00474. The molecule has 1 aliphatic rings. The number of carboxylic acids is 1. The summed E-state index contributed by atoms with van der Waals surface area (Å²) < 4.78 is 5.49. The molecule has 2 atom stereocenters. The lowest BCUT2D eigenvalue weighted by Crippen LogP contribution is -2.39. The van der Waals surface area contributed by atoms with Gasteiger partial charge in [-0.05, 0) is 41.5 Å². The highest BCUT2D eigenvalue weighted by atomic mass is 16.5. The van der Waals surface area contributed by atoms with E-state index < -0.39 is 18.1 Å². The summed E-state index contributed by atoms with van der Waals surface area (Å²) in [4.78, 5) is 34.8. The molecule has 7 nitrogen and oxygen atoms in total. The minimum Gasteiger partial charge on any atom is -0.480 e. The lowest BCUT2D eigenvalue weighted by atomic mass is 9.98. The maximum atomic E-state index is 12.2. The SMILES string of the molecule is CC(CCNC(=O)OCC1c2ccccc2-c2ccccc21)CC(=O)N[C@H](C)C(=O)O. The Hall–Kier alpha value is -3.35. The molecule has 7 heteroatoms. The lowest BCUT2D eigenvalue weighted by Gasteiger charge is -2.16. The van der Waals surface area contributed by atoms with Gasteiger partial charge in [-0.25, -0.2) is 4.79 Å². The fourth-order valence-corrected chi connectivity index (χ4v) is 3.85. The first-order chi connectivity index (χ1) is 14.9.